The van der Waals surface area contributed by atoms with Crippen LogP contribution in [0.25, 0.3) is 5.52 Å². The van der Waals surface area contributed by atoms with Crippen molar-refractivity contribution in [1.29, 1.82) is 0 Å². The van der Waals surface area contributed by atoms with Crippen LogP contribution in [0, 0.1) is 12.8 Å². The predicted molar refractivity (Wildman–Crippen MR) is 129 cm³/mol. The van der Waals surface area contributed by atoms with Gasteiger partial charge in [-0.05, 0) is 61.1 Å². The van der Waals surface area contributed by atoms with Gasteiger partial charge in [0.15, 0.2) is 0 Å². The highest BCUT2D eigenvalue weighted by Gasteiger charge is 2.24. The Hall–Kier alpha value is -2.71. The molecule has 3 aromatic rings. The molecule has 1 aromatic carbocycles. The van der Waals surface area contributed by atoms with Crippen molar-refractivity contribution in [2.75, 3.05) is 0 Å². The second-order valence-corrected chi connectivity index (χ2v) is 10.6. The lowest BCUT2D eigenvalue weighted by Crippen LogP contribution is -2.27. The Labute approximate surface area is 195 Å². The third-order valence-corrected chi connectivity index (χ3v) is 7.60. The molecule has 0 spiro atoms. The van der Waals surface area contributed by atoms with E-state index in [0.717, 1.165) is 40.9 Å². The third kappa shape index (κ3) is 5.12. The van der Waals surface area contributed by atoms with E-state index in [9.17, 15) is 13.2 Å². The molecule has 0 saturated heterocycles. The first kappa shape index (κ1) is 23.4. The summed E-state index contributed by atoms with van der Waals surface area (Å²) in [5.41, 5.74) is 5.42. The molecule has 1 amide bonds. The van der Waals surface area contributed by atoms with E-state index < -0.39 is 10.0 Å². The summed E-state index contributed by atoms with van der Waals surface area (Å²) >= 11 is 0. The molecule has 2 aromatic heterocycles. The lowest BCUT2D eigenvalue weighted by Gasteiger charge is -2.24. The van der Waals surface area contributed by atoms with Crippen molar-refractivity contribution in [1.82, 2.24) is 14.9 Å². The third-order valence-electron chi connectivity index (χ3n) is 6.67. The molecular weight excluding hydrogens is 436 g/mol. The lowest BCUT2D eigenvalue weighted by molar-refractivity contribution is 0.0948. The zero-order valence-corrected chi connectivity index (χ0v) is 20.1. The number of nitrogens with zero attached hydrogens (tertiary/aromatic N) is 2. The maximum atomic E-state index is 13.4. The van der Waals surface area contributed by atoms with Gasteiger partial charge in [0.05, 0.1) is 21.7 Å². The fourth-order valence-corrected chi connectivity index (χ4v) is 5.40. The standard InChI is InChI=1S/C25H32N4O3S/c1-3-20-11-14-23-22(15-18-7-5-4-6-8-18)24(17(2)28-29(20)23)25(30)27-16-19-9-12-21(13-10-19)33(26,31)32/h9-14,18H,3-8,15-16H2,1-2H3,(H,27,30)(H2,26,31,32). The fourth-order valence-electron chi connectivity index (χ4n) is 4.89. The van der Waals surface area contributed by atoms with Crippen molar-refractivity contribution in [3.05, 3.63) is 64.5 Å². The SMILES string of the molecule is CCc1ccc2c(CC3CCCCC3)c(C(=O)NCc3ccc(S(N)(=O)=O)cc3)c(C)nn12. The molecule has 0 atom stereocenters. The van der Waals surface area contributed by atoms with Crippen molar-refractivity contribution < 1.29 is 13.2 Å². The number of carbonyl (C=O) groups is 1. The summed E-state index contributed by atoms with van der Waals surface area (Å²) in [5.74, 6) is 0.435. The molecule has 1 fully saturated rings. The number of aromatic nitrogens is 2. The minimum atomic E-state index is -3.74. The normalized spacial score (nSPS) is 15.1. The number of hydrogen-bond acceptors (Lipinski definition) is 4. The van der Waals surface area contributed by atoms with Gasteiger partial charge in [0, 0.05) is 12.2 Å². The second-order valence-electron chi connectivity index (χ2n) is 8.99. The average Bonchev–Trinajstić information content (AvgIpc) is 3.20. The van der Waals surface area contributed by atoms with E-state index in [1.54, 1.807) is 12.1 Å². The molecule has 0 unspecified atom stereocenters. The first-order valence-corrected chi connectivity index (χ1v) is 13.2. The second kappa shape index (κ2) is 9.65. The molecule has 4 rings (SSSR count). The van der Waals surface area contributed by atoms with E-state index >= 15 is 0 Å². The molecule has 8 heteroatoms. The van der Waals surface area contributed by atoms with Crippen LogP contribution in [0.2, 0.25) is 0 Å². The summed E-state index contributed by atoms with van der Waals surface area (Å²) in [4.78, 5) is 13.4. The minimum Gasteiger partial charge on any atom is -0.348 e. The average molecular weight is 469 g/mol. The van der Waals surface area contributed by atoms with Gasteiger partial charge in [-0.3, -0.25) is 4.79 Å². The molecule has 3 N–H and O–H groups in total. The molecule has 0 aliphatic heterocycles. The molecule has 0 bridgehead atoms. The number of primary sulfonamides is 1. The van der Waals surface area contributed by atoms with Gasteiger partial charge in [0.1, 0.15) is 0 Å². The minimum absolute atomic E-state index is 0.0535. The number of sulfonamides is 1. The van der Waals surface area contributed by atoms with Gasteiger partial charge in [-0.25, -0.2) is 18.1 Å². The number of fused-ring (bicyclic) bond motifs is 1. The van der Waals surface area contributed by atoms with Gasteiger partial charge < -0.3 is 5.32 Å². The molecule has 33 heavy (non-hydrogen) atoms. The Bertz CT molecular complexity index is 1260. The van der Waals surface area contributed by atoms with Crippen LogP contribution in [-0.4, -0.2) is 23.9 Å². The highest BCUT2D eigenvalue weighted by Crippen LogP contribution is 2.31. The Balaban J connectivity index is 1.63. The number of carbonyl (C=O) groups excluding carboxylic acids is 1. The molecular formula is C25H32N4O3S. The lowest BCUT2D eigenvalue weighted by atomic mass is 9.83. The topological polar surface area (TPSA) is 107 Å². The van der Waals surface area contributed by atoms with Gasteiger partial charge in [-0.2, -0.15) is 5.10 Å². The number of benzene rings is 1. The summed E-state index contributed by atoms with van der Waals surface area (Å²) < 4.78 is 24.9. The van der Waals surface area contributed by atoms with Crippen molar-refractivity contribution in [2.45, 2.75) is 70.2 Å². The molecule has 1 aliphatic rings. The molecule has 2 heterocycles. The van der Waals surface area contributed by atoms with Gasteiger partial charge in [0.2, 0.25) is 10.0 Å². The molecule has 1 aliphatic carbocycles. The zero-order chi connectivity index (χ0) is 23.6. The van der Waals surface area contributed by atoms with E-state index in [2.05, 4.69) is 24.4 Å². The Morgan fingerprint density at radius 2 is 1.82 bits per heavy atom. The Morgan fingerprint density at radius 1 is 1.12 bits per heavy atom. The van der Waals surface area contributed by atoms with Crippen LogP contribution in [-0.2, 0) is 29.4 Å². The smallest absolute Gasteiger partial charge is 0.253 e. The maximum absolute atomic E-state index is 13.4. The number of nitrogens with one attached hydrogen (secondary N) is 1. The first-order chi connectivity index (χ1) is 15.8. The summed E-state index contributed by atoms with van der Waals surface area (Å²) in [6.07, 6.45) is 7.96. The molecule has 1 saturated carbocycles. The van der Waals surface area contributed by atoms with E-state index in [1.807, 2.05) is 11.4 Å². The van der Waals surface area contributed by atoms with E-state index in [0.29, 0.717) is 18.0 Å². The van der Waals surface area contributed by atoms with E-state index in [1.165, 1.54) is 44.2 Å². The molecule has 176 valence electrons. The van der Waals surface area contributed by atoms with Crippen LogP contribution in [0.1, 0.15) is 71.9 Å². The summed E-state index contributed by atoms with van der Waals surface area (Å²) in [6.45, 7) is 4.30. The van der Waals surface area contributed by atoms with Crippen LogP contribution in [0.5, 0.6) is 0 Å². The number of hydrogen-bond donors (Lipinski definition) is 2. The molecule has 7 nitrogen and oxygen atoms in total. The van der Waals surface area contributed by atoms with Gasteiger partial charge in [0.25, 0.3) is 5.91 Å². The molecule has 0 radical (unpaired) electrons. The van der Waals surface area contributed by atoms with Gasteiger partial charge >= 0.3 is 0 Å². The highest BCUT2D eigenvalue weighted by atomic mass is 32.2. The first-order valence-electron chi connectivity index (χ1n) is 11.7. The van der Waals surface area contributed by atoms with Crippen molar-refractivity contribution >= 4 is 21.4 Å². The predicted octanol–water partition coefficient (Wildman–Crippen LogP) is 3.91. The van der Waals surface area contributed by atoms with Crippen molar-refractivity contribution in [3.8, 4) is 0 Å². The largest absolute Gasteiger partial charge is 0.348 e. The monoisotopic (exact) mass is 468 g/mol. The Kier molecular flexibility index (Phi) is 6.86. The number of nitrogens with two attached hydrogens (primary N) is 1. The number of rotatable bonds is 7. The van der Waals surface area contributed by atoms with Crippen LogP contribution >= 0.6 is 0 Å². The van der Waals surface area contributed by atoms with Crippen molar-refractivity contribution in [2.24, 2.45) is 11.1 Å². The fraction of sp³-hybridized carbons (Fsp3) is 0.440. The Morgan fingerprint density at radius 3 is 2.45 bits per heavy atom. The van der Waals surface area contributed by atoms with Gasteiger partial charge in [-0.15, -0.1) is 0 Å². The van der Waals surface area contributed by atoms with Crippen LogP contribution < -0.4 is 10.5 Å². The zero-order valence-electron chi connectivity index (χ0n) is 19.3. The quantitative estimate of drug-likeness (QED) is 0.548. The summed E-state index contributed by atoms with van der Waals surface area (Å²) in [6, 6.07) is 10.4. The summed E-state index contributed by atoms with van der Waals surface area (Å²) in [5, 5.41) is 12.9. The van der Waals surface area contributed by atoms with E-state index in [4.69, 9.17) is 10.2 Å². The number of aryl methyl sites for hydroxylation is 2. The van der Waals surface area contributed by atoms with Crippen LogP contribution in [0.3, 0.4) is 0 Å². The van der Waals surface area contributed by atoms with Gasteiger partial charge in [-0.1, -0.05) is 51.2 Å². The number of amides is 1. The van der Waals surface area contributed by atoms with E-state index in [-0.39, 0.29) is 10.8 Å². The van der Waals surface area contributed by atoms with Crippen molar-refractivity contribution in [3.63, 3.8) is 0 Å². The van der Waals surface area contributed by atoms with Crippen LogP contribution in [0.15, 0.2) is 41.3 Å². The van der Waals surface area contributed by atoms with Crippen LogP contribution in [0.4, 0.5) is 0 Å². The highest BCUT2D eigenvalue weighted by molar-refractivity contribution is 7.89. The maximum Gasteiger partial charge on any atom is 0.253 e. The summed E-state index contributed by atoms with van der Waals surface area (Å²) in [7, 11) is -3.74.